The number of phenols is 1. The summed E-state index contributed by atoms with van der Waals surface area (Å²) < 4.78 is 7.11. The number of rotatable bonds is 8. The van der Waals surface area contributed by atoms with Crippen LogP contribution in [0.15, 0.2) is 24.3 Å². The molecule has 1 N–H and O–H groups in total. The Morgan fingerprint density at radius 1 is 1.32 bits per heavy atom. The van der Waals surface area contributed by atoms with Gasteiger partial charge in [-0.15, -0.1) is 0 Å². The van der Waals surface area contributed by atoms with E-state index in [1.165, 1.54) is 0 Å². The molecule has 0 saturated carbocycles. The quantitative estimate of drug-likeness (QED) is 0.798. The van der Waals surface area contributed by atoms with E-state index in [0.29, 0.717) is 25.3 Å². The second-order valence-corrected chi connectivity index (χ2v) is 6.08. The number of phenolic OH excluding ortho intramolecular Hbond substituents is 1. The number of aromatic nitrogens is 2. The molecule has 0 aliphatic rings. The summed E-state index contributed by atoms with van der Waals surface area (Å²) in [6.45, 7) is 8.31. The van der Waals surface area contributed by atoms with Gasteiger partial charge in [-0.1, -0.05) is 18.2 Å². The highest BCUT2D eigenvalue weighted by Crippen LogP contribution is 2.19. The van der Waals surface area contributed by atoms with E-state index in [1.54, 1.807) is 30.2 Å². The Morgan fingerprint density at radius 3 is 2.64 bits per heavy atom. The summed E-state index contributed by atoms with van der Waals surface area (Å²) in [5.74, 6) is 0.107. The van der Waals surface area contributed by atoms with Crippen molar-refractivity contribution in [2.75, 3.05) is 20.3 Å². The number of ether oxygens (including phenoxy) is 1. The smallest absolute Gasteiger partial charge is 0.227 e. The summed E-state index contributed by atoms with van der Waals surface area (Å²) >= 11 is 0. The van der Waals surface area contributed by atoms with Crippen LogP contribution in [0.5, 0.6) is 5.75 Å². The van der Waals surface area contributed by atoms with Gasteiger partial charge in [-0.05, 0) is 26.8 Å². The third-order valence-electron chi connectivity index (χ3n) is 4.43. The Labute approximate surface area is 149 Å². The summed E-state index contributed by atoms with van der Waals surface area (Å²) in [7, 11) is 1.62. The van der Waals surface area contributed by atoms with Crippen LogP contribution in [0.2, 0.25) is 0 Å². The standard InChI is InChI=1S/C19H27N3O3/c1-5-22-15(3)17(14(2)20-22)13-21(10-11-25-4)19(24)12-16-8-6-7-9-18(16)23/h6-9,23H,5,10-13H2,1-4H3. The first-order chi connectivity index (χ1) is 12.0. The van der Waals surface area contributed by atoms with Gasteiger partial charge in [-0.3, -0.25) is 9.48 Å². The number of hydrogen-bond donors (Lipinski definition) is 1. The molecule has 6 nitrogen and oxygen atoms in total. The molecule has 1 aromatic heterocycles. The summed E-state index contributed by atoms with van der Waals surface area (Å²) in [5, 5.41) is 14.4. The van der Waals surface area contributed by atoms with Gasteiger partial charge >= 0.3 is 0 Å². The van der Waals surface area contributed by atoms with Crippen LogP contribution in [-0.4, -0.2) is 46.0 Å². The lowest BCUT2D eigenvalue weighted by atomic mass is 10.1. The number of aryl methyl sites for hydroxylation is 2. The fourth-order valence-electron chi connectivity index (χ4n) is 2.89. The van der Waals surface area contributed by atoms with Crippen LogP contribution in [0.1, 0.15) is 29.4 Å². The first-order valence-corrected chi connectivity index (χ1v) is 8.54. The molecule has 2 rings (SSSR count). The SMILES string of the molecule is CCn1nc(C)c(CN(CCOC)C(=O)Cc2ccccc2O)c1C. The number of hydrogen-bond acceptors (Lipinski definition) is 4. The number of nitrogens with zero attached hydrogens (tertiary/aromatic N) is 3. The van der Waals surface area contributed by atoms with Gasteiger partial charge < -0.3 is 14.7 Å². The van der Waals surface area contributed by atoms with Crippen LogP contribution in [-0.2, 0) is 29.0 Å². The fourth-order valence-corrected chi connectivity index (χ4v) is 2.89. The molecule has 1 heterocycles. The number of benzene rings is 1. The summed E-state index contributed by atoms with van der Waals surface area (Å²) in [6, 6.07) is 6.94. The van der Waals surface area contributed by atoms with Gasteiger partial charge in [0.1, 0.15) is 5.75 Å². The van der Waals surface area contributed by atoms with Crippen LogP contribution in [0.3, 0.4) is 0 Å². The molecular formula is C19H27N3O3. The van der Waals surface area contributed by atoms with E-state index >= 15 is 0 Å². The molecule has 1 aromatic carbocycles. The Morgan fingerprint density at radius 2 is 2.04 bits per heavy atom. The Hall–Kier alpha value is -2.34. The molecule has 0 radical (unpaired) electrons. The molecular weight excluding hydrogens is 318 g/mol. The van der Waals surface area contributed by atoms with Crippen LogP contribution in [0.4, 0.5) is 0 Å². The van der Waals surface area contributed by atoms with Crippen molar-refractivity contribution in [3.8, 4) is 5.75 Å². The molecule has 1 amide bonds. The number of carbonyl (C=O) groups is 1. The van der Waals surface area contributed by atoms with Gasteiger partial charge in [-0.25, -0.2) is 0 Å². The van der Waals surface area contributed by atoms with Crippen molar-refractivity contribution < 1.29 is 14.6 Å². The van der Waals surface area contributed by atoms with Gasteiger partial charge in [-0.2, -0.15) is 5.10 Å². The molecule has 0 spiro atoms. The van der Waals surface area contributed by atoms with E-state index in [2.05, 4.69) is 12.0 Å². The van der Waals surface area contributed by atoms with Gasteiger partial charge in [0, 0.05) is 43.6 Å². The number of carbonyl (C=O) groups excluding carboxylic acids is 1. The third kappa shape index (κ3) is 4.60. The maximum Gasteiger partial charge on any atom is 0.227 e. The second kappa shape index (κ2) is 8.67. The lowest BCUT2D eigenvalue weighted by Gasteiger charge is -2.23. The normalized spacial score (nSPS) is 10.9. The number of para-hydroxylation sites is 1. The van der Waals surface area contributed by atoms with E-state index in [9.17, 15) is 9.90 Å². The summed E-state index contributed by atoms with van der Waals surface area (Å²) in [4.78, 5) is 14.6. The first-order valence-electron chi connectivity index (χ1n) is 8.54. The third-order valence-corrected chi connectivity index (χ3v) is 4.43. The van der Waals surface area contributed by atoms with Gasteiger partial charge in [0.2, 0.25) is 5.91 Å². The average Bonchev–Trinajstić information content (AvgIpc) is 2.87. The van der Waals surface area contributed by atoms with E-state index in [1.807, 2.05) is 24.6 Å². The fraction of sp³-hybridized carbons (Fsp3) is 0.474. The van der Waals surface area contributed by atoms with Crippen molar-refractivity contribution in [2.24, 2.45) is 0 Å². The number of aromatic hydroxyl groups is 1. The maximum absolute atomic E-state index is 12.8. The first kappa shape index (κ1) is 19.0. The average molecular weight is 345 g/mol. The highest BCUT2D eigenvalue weighted by molar-refractivity contribution is 5.79. The minimum absolute atomic E-state index is 0.0402. The van der Waals surface area contributed by atoms with Crippen molar-refractivity contribution in [3.05, 3.63) is 46.8 Å². The molecule has 0 bridgehead atoms. The second-order valence-electron chi connectivity index (χ2n) is 6.08. The predicted octanol–water partition coefficient (Wildman–Crippen LogP) is 2.44. The molecule has 0 saturated heterocycles. The molecule has 0 aliphatic heterocycles. The maximum atomic E-state index is 12.8. The largest absolute Gasteiger partial charge is 0.508 e. The number of amides is 1. The van der Waals surface area contributed by atoms with Crippen molar-refractivity contribution in [1.82, 2.24) is 14.7 Å². The highest BCUT2D eigenvalue weighted by atomic mass is 16.5. The van der Waals surface area contributed by atoms with E-state index in [0.717, 1.165) is 23.5 Å². The molecule has 0 fully saturated rings. The minimum atomic E-state index is -0.0402. The highest BCUT2D eigenvalue weighted by Gasteiger charge is 2.20. The topological polar surface area (TPSA) is 67.6 Å². The van der Waals surface area contributed by atoms with Crippen LogP contribution in [0, 0.1) is 13.8 Å². The zero-order valence-electron chi connectivity index (χ0n) is 15.5. The van der Waals surface area contributed by atoms with E-state index in [-0.39, 0.29) is 18.1 Å². The van der Waals surface area contributed by atoms with Gasteiger partial charge in [0.15, 0.2) is 0 Å². The Kier molecular flexibility index (Phi) is 6.58. The molecule has 0 unspecified atom stereocenters. The zero-order valence-corrected chi connectivity index (χ0v) is 15.5. The van der Waals surface area contributed by atoms with Crippen LogP contribution >= 0.6 is 0 Å². The molecule has 0 atom stereocenters. The molecule has 2 aromatic rings. The summed E-state index contributed by atoms with van der Waals surface area (Å²) in [5.41, 5.74) is 3.73. The van der Waals surface area contributed by atoms with Crippen molar-refractivity contribution in [1.29, 1.82) is 0 Å². The van der Waals surface area contributed by atoms with E-state index < -0.39 is 0 Å². The van der Waals surface area contributed by atoms with E-state index in [4.69, 9.17) is 4.74 Å². The molecule has 25 heavy (non-hydrogen) atoms. The molecule has 6 heteroatoms. The minimum Gasteiger partial charge on any atom is -0.508 e. The molecule has 136 valence electrons. The molecule has 0 aliphatic carbocycles. The predicted molar refractivity (Wildman–Crippen MR) is 96.5 cm³/mol. The van der Waals surface area contributed by atoms with Crippen LogP contribution in [0.25, 0.3) is 0 Å². The van der Waals surface area contributed by atoms with Crippen LogP contribution < -0.4 is 0 Å². The Balaban J connectivity index is 2.19. The summed E-state index contributed by atoms with van der Waals surface area (Å²) in [6.07, 6.45) is 0.163. The van der Waals surface area contributed by atoms with Gasteiger partial charge in [0.05, 0.1) is 18.7 Å². The lowest BCUT2D eigenvalue weighted by Crippen LogP contribution is -2.35. The van der Waals surface area contributed by atoms with Gasteiger partial charge in [0.25, 0.3) is 0 Å². The van der Waals surface area contributed by atoms with Crippen molar-refractivity contribution in [2.45, 2.75) is 40.3 Å². The zero-order chi connectivity index (χ0) is 18.4. The van der Waals surface area contributed by atoms with Crippen molar-refractivity contribution in [3.63, 3.8) is 0 Å². The lowest BCUT2D eigenvalue weighted by molar-refractivity contribution is -0.131. The van der Waals surface area contributed by atoms with Crippen molar-refractivity contribution >= 4 is 5.91 Å². The Bertz CT molecular complexity index is 725. The monoisotopic (exact) mass is 345 g/mol. The number of methoxy groups -OCH3 is 1.